The number of rotatable bonds is 6. The van der Waals surface area contributed by atoms with E-state index in [0.717, 1.165) is 87.9 Å². The summed E-state index contributed by atoms with van der Waals surface area (Å²) in [5.74, 6) is 3.66. The Morgan fingerprint density at radius 3 is 2.38 bits per heavy atom. The summed E-state index contributed by atoms with van der Waals surface area (Å²) < 4.78 is 1.16. The van der Waals surface area contributed by atoms with E-state index in [1.165, 1.54) is 43.2 Å². The number of nitrogens with zero attached hydrogens (tertiary/aromatic N) is 2. The number of carbonyl (C=O) groups is 2. The molecule has 0 radical (unpaired) electrons. The van der Waals surface area contributed by atoms with E-state index in [1.54, 1.807) is 0 Å². The molecule has 1 unspecified atom stereocenters. The van der Waals surface area contributed by atoms with Gasteiger partial charge in [0.2, 0.25) is 5.91 Å². The largest absolute Gasteiger partial charge is 0.355 e. The number of hydrogen-bond donors (Lipinski definition) is 3. The summed E-state index contributed by atoms with van der Waals surface area (Å²) in [6.45, 7) is 7.41. The molecule has 0 aromatic heterocycles. The van der Waals surface area contributed by atoms with E-state index in [-0.39, 0.29) is 23.3 Å². The number of carbonyl (C=O) groups excluding carboxylic acids is 2. The van der Waals surface area contributed by atoms with Gasteiger partial charge in [0.15, 0.2) is 0 Å². The van der Waals surface area contributed by atoms with Gasteiger partial charge in [-0.3, -0.25) is 9.69 Å². The summed E-state index contributed by atoms with van der Waals surface area (Å²) in [5, 5.41) is 10.1. The minimum absolute atomic E-state index is 0.0422. The number of amides is 3. The number of halogens is 1. The highest BCUT2D eigenvalue weighted by Gasteiger charge is 2.50. The molecular formula is C32H46BrN5O2. The summed E-state index contributed by atoms with van der Waals surface area (Å²) in [6, 6.07) is 7.07. The molecule has 3 N–H and O–H groups in total. The Bertz CT molecular complexity index is 1080. The molecule has 7 nitrogen and oxygen atoms in total. The third-order valence-corrected chi connectivity index (χ3v) is 12.2. The van der Waals surface area contributed by atoms with Crippen LogP contribution in [0.3, 0.4) is 0 Å². The molecule has 1 aromatic rings. The summed E-state index contributed by atoms with van der Waals surface area (Å²) in [5.41, 5.74) is 2.77. The van der Waals surface area contributed by atoms with Crippen LogP contribution in [0.15, 0.2) is 22.7 Å². The maximum Gasteiger partial charge on any atom is 0.317 e. The monoisotopic (exact) mass is 611 g/mol. The second kappa shape index (κ2) is 11.2. The van der Waals surface area contributed by atoms with Crippen LogP contribution in [0.1, 0.15) is 74.8 Å². The van der Waals surface area contributed by atoms with Crippen LogP contribution in [0.25, 0.3) is 0 Å². The standard InChI is InChI=1S/C32H46BrN5O2/c33-27-3-1-2-26-25(19-28(39)35-8-13-37-11-6-34-7-12-37)20-32(29(26)27)4-9-38(10-5-32)31(40)36-30-23-15-21-14-22(17-23)18-24(30)16-21/h1-3,21-25,30,34H,4-20H2,(H,35,39)(H,36,40). The number of urea groups is 1. The molecule has 2 aliphatic heterocycles. The quantitative estimate of drug-likeness (QED) is 0.450. The van der Waals surface area contributed by atoms with Crippen LogP contribution in [0.5, 0.6) is 0 Å². The van der Waals surface area contributed by atoms with E-state index in [0.29, 0.717) is 24.3 Å². The SMILES string of the molecule is O=C(CC1CC2(CCN(C(=O)NC3C4CC5CC(C4)CC3C5)CC2)c2c(Br)cccc21)NCCN1CCNCC1. The Kier molecular flexibility index (Phi) is 7.63. The lowest BCUT2D eigenvalue weighted by molar-refractivity contribution is -0.121. The summed E-state index contributed by atoms with van der Waals surface area (Å²) in [4.78, 5) is 31.0. The first kappa shape index (κ1) is 27.2. The van der Waals surface area contributed by atoms with E-state index in [9.17, 15) is 9.59 Å². The number of piperazine rings is 1. The molecule has 2 heterocycles. The van der Waals surface area contributed by atoms with Crippen LogP contribution >= 0.6 is 15.9 Å². The molecule has 3 amide bonds. The summed E-state index contributed by atoms with van der Waals surface area (Å²) in [7, 11) is 0. The van der Waals surface area contributed by atoms with E-state index in [4.69, 9.17) is 0 Å². The molecule has 2 saturated heterocycles. The average Bonchev–Trinajstić information content (AvgIpc) is 3.24. The maximum absolute atomic E-state index is 13.5. The summed E-state index contributed by atoms with van der Waals surface area (Å²) >= 11 is 3.88. The average molecular weight is 613 g/mol. The van der Waals surface area contributed by atoms with Crippen molar-refractivity contribution in [2.45, 2.75) is 75.2 Å². The van der Waals surface area contributed by atoms with Gasteiger partial charge in [-0.2, -0.15) is 0 Å². The minimum atomic E-state index is 0.0422. The summed E-state index contributed by atoms with van der Waals surface area (Å²) in [6.07, 6.45) is 10.3. The molecule has 5 aliphatic carbocycles. The zero-order valence-corrected chi connectivity index (χ0v) is 25.4. The molecule has 4 bridgehead atoms. The van der Waals surface area contributed by atoms with Crippen molar-refractivity contribution in [2.24, 2.45) is 23.7 Å². The van der Waals surface area contributed by atoms with Gasteiger partial charge in [-0.15, -0.1) is 0 Å². The van der Waals surface area contributed by atoms with Gasteiger partial charge in [0.1, 0.15) is 0 Å². The Hall–Kier alpha value is -1.64. The van der Waals surface area contributed by atoms with Gasteiger partial charge in [0.05, 0.1) is 0 Å². The lowest BCUT2D eigenvalue weighted by Gasteiger charge is -2.54. The van der Waals surface area contributed by atoms with Gasteiger partial charge in [-0.25, -0.2) is 4.79 Å². The Morgan fingerprint density at radius 2 is 1.68 bits per heavy atom. The first-order valence-electron chi connectivity index (χ1n) is 16.0. The van der Waals surface area contributed by atoms with E-state index < -0.39 is 0 Å². The molecule has 40 heavy (non-hydrogen) atoms. The van der Waals surface area contributed by atoms with Gasteiger partial charge < -0.3 is 20.9 Å². The number of likely N-dealkylation sites (tertiary alicyclic amines) is 1. The van der Waals surface area contributed by atoms with Crippen molar-refractivity contribution in [2.75, 3.05) is 52.4 Å². The lowest BCUT2D eigenvalue weighted by atomic mass is 9.54. The second-order valence-corrected chi connectivity index (χ2v) is 14.8. The second-order valence-electron chi connectivity index (χ2n) is 13.9. The van der Waals surface area contributed by atoms with Crippen molar-refractivity contribution in [3.05, 3.63) is 33.8 Å². The molecule has 4 saturated carbocycles. The molecule has 1 spiro atoms. The highest BCUT2D eigenvalue weighted by molar-refractivity contribution is 9.10. The minimum Gasteiger partial charge on any atom is -0.355 e. The predicted octanol–water partition coefficient (Wildman–Crippen LogP) is 4.22. The van der Waals surface area contributed by atoms with E-state index in [2.05, 4.69) is 59.9 Å². The first-order chi connectivity index (χ1) is 19.5. The van der Waals surface area contributed by atoms with E-state index in [1.807, 2.05) is 0 Å². The van der Waals surface area contributed by atoms with Gasteiger partial charge in [0.25, 0.3) is 0 Å². The lowest BCUT2D eigenvalue weighted by Crippen LogP contribution is -2.59. The molecule has 6 fully saturated rings. The highest BCUT2D eigenvalue weighted by atomic mass is 79.9. The molecule has 8 heteroatoms. The molecule has 1 aromatic carbocycles. The fourth-order valence-electron chi connectivity index (χ4n) is 9.88. The van der Waals surface area contributed by atoms with Crippen molar-refractivity contribution in [1.29, 1.82) is 0 Å². The van der Waals surface area contributed by atoms with Crippen molar-refractivity contribution in [3.63, 3.8) is 0 Å². The fraction of sp³-hybridized carbons (Fsp3) is 0.750. The van der Waals surface area contributed by atoms with Crippen LogP contribution in [0.2, 0.25) is 0 Å². The first-order valence-corrected chi connectivity index (χ1v) is 16.8. The van der Waals surface area contributed by atoms with E-state index >= 15 is 0 Å². The van der Waals surface area contributed by atoms with Crippen molar-refractivity contribution in [1.82, 2.24) is 25.8 Å². The van der Waals surface area contributed by atoms with Gasteiger partial charge in [0, 0.05) is 74.7 Å². The Labute approximate surface area is 247 Å². The van der Waals surface area contributed by atoms with Crippen molar-refractivity contribution in [3.8, 4) is 0 Å². The topological polar surface area (TPSA) is 76.7 Å². The van der Waals surface area contributed by atoms with Gasteiger partial charge in [-0.1, -0.05) is 28.1 Å². The molecular weight excluding hydrogens is 566 g/mol. The zero-order chi connectivity index (χ0) is 27.3. The molecule has 7 aliphatic rings. The van der Waals surface area contributed by atoms with Crippen molar-refractivity contribution < 1.29 is 9.59 Å². The van der Waals surface area contributed by atoms with Crippen LogP contribution in [-0.2, 0) is 10.2 Å². The Morgan fingerprint density at radius 1 is 0.975 bits per heavy atom. The highest BCUT2D eigenvalue weighted by Crippen LogP contribution is 2.56. The smallest absolute Gasteiger partial charge is 0.317 e. The number of fused-ring (bicyclic) bond motifs is 2. The normalized spacial score (nSPS) is 34.2. The molecule has 218 valence electrons. The maximum atomic E-state index is 13.5. The number of piperidine rings is 1. The predicted molar refractivity (Wildman–Crippen MR) is 160 cm³/mol. The van der Waals surface area contributed by atoms with Crippen LogP contribution in [-0.4, -0.2) is 80.1 Å². The number of benzene rings is 1. The van der Waals surface area contributed by atoms with Crippen LogP contribution in [0.4, 0.5) is 4.79 Å². The van der Waals surface area contributed by atoms with Crippen LogP contribution in [0, 0.1) is 23.7 Å². The molecule has 1 atom stereocenters. The Balaban J connectivity index is 0.960. The number of nitrogens with one attached hydrogen (secondary N) is 3. The molecule has 8 rings (SSSR count). The van der Waals surface area contributed by atoms with Gasteiger partial charge >= 0.3 is 6.03 Å². The van der Waals surface area contributed by atoms with Gasteiger partial charge in [-0.05, 0) is 98.1 Å². The van der Waals surface area contributed by atoms with Crippen molar-refractivity contribution >= 4 is 27.9 Å². The van der Waals surface area contributed by atoms with Crippen LogP contribution < -0.4 is 16.0 Å². The number of hydrogen-bond acceptors (Lipinski definition) is 4. The zero-order valence-electron chi connectivity index (χ0n) is 23.8. The third-order valence-electron chi connectivity index (χ3n) is 11.6. The fourth-order valence-corrected chi connectivity index (χ4v) is 10.7. The third kappa shape index (κ3) is 5.22.